The molecule has 0 aliphatic carbocycles. The minimum absolute atomic E-state index is 0.675. The second-order valence-corrected chi connectivity index (χ2v) is 5.56. The number of hydrogen-bond acceptors (Lipinski definition) is 3. The second kappa shape index (κ2) is 5.75. The minimum atomic E-state index is 0.675. The summed E-state index contributed by atoms with van der Waals surface area (Å²) in [6.45, 7) is 4.54. The fraction of sp³-hybridized carbons (Fsp3) is 0.250. The Balaban J connectivity index is 2.06. The van der Waals surface area contributed by atoms with Crippen molar-refractivity contribution in [1.29, 1.82) is 0 Å². The van der Waals surface area contributed by atoms with E-state index < -0.39 is 0 Å². The van der Waals surface area contributed by atoms with Gasteiger partial charge >= 0.3 is 0 Å². The van der Waals surface area contributed by atoms with Crippen molar-refractivity contribution in [3.63, 3.8) is 0 Å². The zero-order valence-electron chi connectivity index (χ0n) is 11.4. The summed E-state index contributed by atoms with van der Waals surface area (Å²) in [5, 5.41) is 3.44. The van der Waals surface area contributed by atoms with E-state index in [0.29, 0.717) is 6.61 Å². The van der Waals surface area contributed by atoms with Crippen LogP contribution in [0.25, 0.3) is 0 Å². The van der Waals surface area contributed by atoms with Gasteiger partial charge in [-0.15, -0.1) is 0 Å². The molecule has 3 nitrogen and oxygen atoms in total. The van der Waals surface area contributed by atoms with Crippen LogP contribution in [0.15, 0.2) is 46.9 Å². The van der Waals surface area contributed by atoms with Gasteiger partial charge in [-0.25, -0.2) is 0 Å². The van der Waals surface area contributed by atoms with Crippen LogP contribution in [0.2, 0.25) is 0 Å². The largest absolute Gasteiger partial charge is 0.492 e. The number of benzene rings is 2. The topological polar surface area (TPSA) is 24.5 Å². The van der Waals surface area contributed by atoms with Crippen molar-refractivity contribution in [1.82, 2.24) is 0 Å². The molecule has 1 aliphatic rings. The van der Waals surface area contributed by atoms with Crippen molar-refractivity contribution in [2.75, 3.05) is 29.9 Å². The summed E-state index contributed by atoms with van der Waals surface area (Å²) in [4.78, 5) is 2.31. The molecule has 2 aromatic carbocycles. The SMILES string of the molecule is CCOc1ccccc1N1CCNc2ccc(Br)cc21. The van der Waals surface area contributed by atoms with E-state index in [-0.39, 0.29) is 0 Å². The molecule has 0 saturated heterocycles. The summed E-state index contributed by atoms with van der Waals surface area (Å²) < 4.78 is 6.84. The third-order valence-electron chi connectivity index (χ3n) is 3.36. The van der Waals surface area contributed by atoms with Gasteiger partial charge in [-0.2, -0.15) is 0 Å². The lowest BCUT2D eigenvalue weighted by Crippen LogP contribution is -2.30. The highest BCUT2D eigenvalue weighted by Gasteiger charge is 2.20. The maximum absolute atomic E-state index is 5.76. The average Bonchev–Trinajstić information content (AvgIpc) is 2.48. The lowest BCUT2D eigenvalue weighted by molar-refractivity contribution is 0.341. The average molecular weight is 333 g/mol. The number of nitrogens with one attached hydrogen (secondary N) is 1. The predicted octanol–water partition coefficient (Wildman–Crippen LogP) is 4.41. The number of fused-ring (bicyclic) bond motifs is 1. The van der Waals surface area contributed by atoms with Crippen molar-refractivity contribution < 1.29 is 4.74 Å². The highest BCUT2D eigenvalue weighted by Crippen LogP contribution is 2.40. The lowest BCUT2D eigenvalue weighted by Gasteiger charge is -2.33. The van der Waals surface area contributed by atoms with Crippen LogP contribution in [0.4, 0.5) is 17.1 Å². The quantitative estimate of drug-likeness (QED) is 0.900. The van der Waals surface area contributed by atoms with E-state index in [1.54, 1.807) is 0 Å². The Kier molecular flexibility index (Phi) is 3.83. The van der Waals surface area contributed by atoms with Gasteiger partial charge in [0.2, 0.25) is 0 Å². The molecule has 20 heavy (non-hydrogen) atoms. The molecular weight excluding hydrogens is 316 g/mol. The van der Waals surface area contributed by atoms with E-state index >= 15 is 0 Å². The van der Waals surface area contributed by atoms with Crippen molar-refractivity contribution in [3.8, 4) is 5.75 Å². The van der Waals surface area contributed by atoms with Gasteiger partial charge in [0.15, 0.2) is 0 Å². The second-order valence-electron chi connectivity index (χ2n) is 4.64. The Morgan fingerprint density at radius 2 is 2.05 bits per heavy atom. The summed E-state index contributed by atoms with van der Waals surface area (Å²) in [6.07, 6.45) is 0. The molecule has 4 heteroatoms. The zero-order valence-corrected chi connectivity index (χ0v) is 13.0. The van der Waals surface area contributed by atoms with Gasteiger partial charge < -0.3 is 15.0 Å². The Morgan fingerprint density at radius 1 is 1.20 bits per heavy atom. The highest BCUT2D eigenvalue weighted by atomic mass is 79.9. The molecule has 1 N–H and O–H groups in total. The molecular formula is C16H17BrN2O. The van der Waals surface area contributed by atoms with E-state index in [1.807, 2.05) is 19.1 Å². The number of rotatable bonds is 3. The van der Waals surface area contributed by atoms with Crippen molar-refractivity contribution in [2.24, 2.45) is 0 Å². The first kappa shape index (κ1) is 13.3. The molecule has 0 fully saturated rings. The molecule has 1 heterocycles. The fourth-order valence-electron chi connectivity index (χ4n) is 2.51. The Bertz CT molecular complexity index is 615. The molecule has 0 atom stereocenters. The molecule has 0 saturated carbocycles. The normalized spacial score (nSPS) is 13.6. The van der Waals surface area contributed by atoms with E-state index in [0.717, 1.165) is 34.7 Å². The minimum Gasteiger partial charge on any atom is -0.492 e. The number of para-hydroxylation sites is 2. The van der Waals surface area contributed by atoms with E-state index in [4.69, 9.17) is 4.74 Å². The van der Waals surface area contributed by atoms with Crippen LogP contribution in [0, 0.1) is 0 Å². The van der Waals surface area contributed by atoms with Crippen LogP contribution >= 0.6 is 15.9 Å². The first-order valence-corrected chi connectivity index (χ1v) is 7.61. The van der Waals surface area contributed by atoms with E-state index in [2.05, 4.69) is 56.5 Å². The number of ether oxygens (including phenoxy) is 1. The van der Waals surface area contributed by atoms with Crippen LogP contribution in [-0.2, 0) is 0 Å². The Hall–Kier alpha value is -1.68. The number of anilines is 3. The first-order chi connectivity index (χ1) is 9.79. The van der Waals surface area contributed by atoms with Gasteiger partial charge in [-0.3, -0.25) is 0 Å². The molecule has 0 amide bonds. The summed E-state index contributed by atoms with van der Waals surface area (Å²) in [5.74, 6) is 0.933. The third kappa shape index (κ3) is 2.48. The smallest absolute Gasteiger partial charge is 0.142 e. The molecule has 3 rings (SSSR count). The van der Waals surface area contributed by atoms with Crippen LogP contribution in [0.5, 0.6) is 5.75 Å². The predicted molar refractivity (Wildman–Crippen MR) is 87.2 cm³/mol. The summed E-state index contributed by atoms with van der Waals surface area (Å²) in [6, 6.07) is 14.5. The maximum atomic E-state index is 5.76. The molecule has 0 bridgehead atoms. The van der Waals surface area contributed by atoms with Crippen LogP contribution in [0.1, 0.15) is 6.92 Å². The molecule has 0 unspecified atom stereocenters. The number of halogens is 1. The number of nitrogens with zero attached hydrogens (tertiary/aromatic N) is 1. The standard InChI is InChI=1S/C16H17BrN2O/c1-2-20-16-6-4-3-5-14(16)19-10-9-18-13-8-7-12(17)11-15(13)19/h3-8,11,18H,2,9-10H2,1H3. The third-order valence-corrected chi connectivity index (χ3v) is 3.85. The lowest BCUT2D eigenvalue weighted by atomic mass is 10.1. The van der Waals surface area contributed by atoms with Crippen LogP contribution in [-0.4, -0.2) is 19.7 Å². The van der Waals surface area contributed by atoms with Gasteiger partial charge in [-0.1, -0.05) is 28.1 Å². The summed E-state index contributed by atoms with van der Waals surface area (Å²) in [5.41, 5.74) is 3.46. The van der Waals surface area contributed by atoms with Gasteiger partial charge in [0.05, 0.1) is 23.7 Å². The van der Waals surface area contributed by atoms with Crippen molar-refractivity contribution in [2.45, 2.75) is 6.92 Å². The Morgan fingerprint density at radius 3 is 2.90 bits per heavy atom. The molecule has 0 radical (unpaired) electrons. The molecule has 0 aromatic heterocycles. The van der Waals surface area contributed by atoms with Gasteiger partial charge in [0, 0.05) is 17.6 Å². The zero-order chi connectivity index (χ0) is 13.9. The molecule has 104 valence electrons. The highest BCUT2D eigenvalue weighted by molar-refractivity contribution is 9.10. The van der Waals surface area contributed by atoms with Crippen molar-refractivity contribution in [3.05, 3.63) is 46.9 Å². The van der Waals surface area contributed by atoms with Crippen molar-refractivity contribution >= 4 is 33.0 Å². The van der Waals surface area contributed by atoms with E-state index in [9.17, 15) is 0 Å². The van der Waals surface area contributed by atoms with Crippen LogP contribution < -0.4 is 15.0 Å². The van der Waals surface area contributed by atoms with Gasteiger partial charge in [0.1, 0.15) is 5.75 Å². The van der Waals surface area contributed by atoms with E-state index in [1.165, 1.54) is 5.69 Å². The maximum Gasteiger partial charge on any atom is 0.142 e. The van der Waals surface area contributed by atoms with Gasteiger partial charge in [-0.05, 0) is 37.3 Å². The Labute approximate surface area is 127 Å². The van der Waals surface area contributed by atoms with Gasteiger partial charge in [0.25, 0.3) is 0 Å². The molecule has 2 aromatic rings. The monoisotopic (exact) mass is 332 g/mol. The number of hydrogen-bond donors (Lipinski definition) is 1. The summed E-state index contributed by atoms with van der Waals surface area (Å²) in [7, 11) is 0. The fourth-order valence-corrected chi connectivity index (χ4v) is 2.86. The first-order valence-electron chi connectivity index (χ1n) is 6.82. The molecule has 1 aliphatic heterocycles. The summed E-state index contributed by atoms with van der Waals surface area (Å²) >= 11 is 3.55. The van der Waals surface area contributed by atoms with Crippen LogP contribution in [0.3, 0.4) is 0 Å². The molecule has 0 spiro atoms.